The van der Waals surface area contributed by atoms with Crippen molar-refractivity contribution in [3.05, 3.63) is 42.0 Å². The summed E-state index contributed by atoms with van der Waals surface area (Å²) in [5, 5.41) is 3.41. The van der Waals surface area contributed by atoms with Crippen molar-refractivity contribution in [2.75, 3.05) is 20.6 Å². The number of rotatable bonds is 6. The molecule has 0 bridgehead atoms. The van der Waals surface area contributed by atoms with E-state index in [1.54, 1.807) is 26.2 Å². The van der Waals surface area contributed by atoms with Crippen LogP contribution in [0.5, 0.6) is 0 Å². The molecule has 0 saturated carbocycles. The van der Waals surface area contributed by atoms with E-state index in [1.807, 2.05) is 12.1 Å². The quantitative estimate of drug-likeness (QED) is 0.821. The van der Waals surface area contributed by atoms with Crippen LogP contribution in [0, 0.1) is 5.92 Å². The Morgan fingerprint density at radius 1 is 1.24 bits per heavy atom. The van der Waals surface area contributed by atoms with Crippen LogP contribution in [0.25, 0.3) is 0 Å². The fourth-order valence-corrected chi connectivity index (χ4v) is 3.67. The predicted molar refractivity (Wildman–Crippen MR) is 85.5 cm³/mol. The Morgan fingerprint density at radius 3 is 2.67 bits per heavy atom. The van der Waals surface area contributed by atoms with Crippen molar-refractivity contribution < 1.29 is 8.42 Å². The van der Waals surface area contributed by atoms with E-state index in [-0.39, 0.29) is 0 Å². The lowest BCUT2D eigenvalue weighted by molar-refractivity contribution is 0.439. The van der Waals surface area contributed by atoms with Crippen LogP contribution >= 0.6 is 0 Å². The predicted octanol–water partition coefficient (Wildman–Crippen LogP) is 2.38. The molecule has 5 heteroatoms. The van der Waals surface area contributed by atoms with E-state index in [9.17, 15) is 8.42 Å². The van der Waals surface area contributed by atoms with Crippen LogP contribution in [-0.4, -0.2) is 33.4 Å². The summed E-state index contributed by atoms with van der Waals surface area (Å²) in [6.07, 6.45) is 7.94. The summed E-state index contributed by atoms with van der Waals surface area (Å²) in [5.74, 6) is 0.660. The average molecular weight is 308 g/mol. The van der Waals surface area contributed by atoms with Crippen molar-refractivity contribution in [1.82, 2.24) is 9.62 Å². The smallest absolute Gasteiger partial charge is 0.242 e. The summed E-state index contributed by atoms with van der Waals surface area (Å²) in [6.45, 7) is 1.52. The van der Waals surface area contributed by atoms with Crippen LogP contribution in [0.3, 0.4) is 0 Å². The summed E-state index contributed by atoms with van der Waals surface area (Å²) in [4.78, 5) is 0.394. The molecular formula is C16H24N2O2S. The lowest BCUT2D eigenvalue weighted by atomic mass is 9.94. The van der Waals surface area contributed by atoms with E-state index in [0.717, 1.165) is 24.9 Å². The molecule has 0 heterocycles. The van der Waals surface area contributed by atoms with Crippen molar-refractivity contribution in [2.24, 2.45) is 5.92 Å². The van der Waals surface area contributed by atoms with E-state index < -0.39 is 10.0 Å². The minimum atomic E-state index is -3.38. The lowest BCUT2D eigenvalue weighted by Crippen LogP contribution is -2.26. The maximum absolute atomic E-state index is 12.3. The van der Waals surface area contributed by atoms with Gasteiger partial charge in [0, 0.05) is 20.6 Å². The Kier molecular flexibility index (Phi) is 5.56. The molecule has 1 aromatic rings. The van der Waals surface area contributed by atoms with Gasteiger partial charge in [0.25, 0.3) is 0 Å². The Bertz CT molecular complexity index is 594. The van der Waals surface area contributed by atoms with Crippen LogP contribution in [0.1, 0.15) is 24.8 Å². The molecule has 0 amide bonds. The number of nitrogens with zero attached hydrogens (tertiary/aromatic N) is 1. The molecule has 21 heavy (non-hydrogen) atoms. The highest BCUT2D eigenvalue weighted by atomic mass is 32.2. The molecule has 4 nitrogen and oxygen atoms in total. The highest BCUT2D eigenvalue weighted by molar-refractivity contribution is 7.89. The second-order valence-corrected chi connectivity index (χ2v) is 7.80. The van der Waals surface area contributed by atoms with Gasteiger partial charge >= 0.3 is 0 Å². The first-order valence-electron chi connectivity index (χ1n) is 7.38. The zero-order chi connectivity index (χ0) is 15.3. The van der Waals surface area contributed by atoms with Crippen LogP contribution in [0.15, 0.2) is 41.3 Å². The molecule has 0 radical (unpaired) electrons. The zero-order valence-electron chi connectivity index (χ0n) is 12.7. The summed E-state index contributed by atoms with van der Waals surface area (Å²) >= 11 is 0. The third-order valence-electron chi connectivity index (χ3n) is 3.86. The minimum absolute atomic E-state index is 0.394. The molecule has 0 aliphatic heterocycles. The van der Waals surface area contributed by atoms with E-state index in [0.29, 0.717) is 17.4 Å². The number of hydrogen-bond acceptors (Lipinski definition) is 3. The van der Waals surface area contributed by atoms with Gasteiger partial charge < -0.3 is 5.32 Å². The standard InChI is InChI=1S/C16H24N2O2S/c1-18(2)21(19,20)16-11-7-6-10-15(16)13-17-12-14-8-4-3-5-9-14/h3-4,6-7,10-11,14,17H,5,8-9,12-13H2,1-2H3. The number of sulfonamides is 1. The Hall–Kier alpha value is -1.17. The molecule has 1 aromatic carbocycles. The van der Waals surface area contributed by atoms with Gasteiger partial charge in [0.2, 0.25) is 10.0 Å². The van der Waals surface area contributed by atoms with Gasteiger partial charge in [0.1, 0.15) is 0 Å². The Balaban J connectivity index is 2.02. The molecule has 116 valence electrons. The lowest BCUT2D eigenvalue weighted by Gasteiger charge is -2.19. The van der Waals surface area contributed by atoms with Gasteiger partial charge in [-0.05, 0) is 43.4 Å². The van der Waals surface area contributed by atoms with Gasteiger partial charge in [-0.1, -0.05) is 30.4 Å². The first kappa shape index (κ1) is 16.2. The van der Waals surface area contributed by atoms with E-state index >= 15 is 0 Å². The Labute approximate surface area is 127 Å². The average Bonchev–Trinajstić information content (AvgIpc) is 2.48. The second kappa shape index (κ2) is 7.20. The third kappa shape index (κ3) is 4.15. The minimum Gasteiger partial charge on any atom is -0.312 e. The molecule has 1 N–H and O–H groups in total. The zero-order valence-corrected chi connectivity index (χ0v) is 13.6. The first-order chi connectivity index (χ1) is 10.0. The topological polar surface area (TPSA) is 49.4 Å². The SMILES string of the molecule is CN(C)S(=O)(=O)c1ccccc1CNCC1CC=CCC1. The Morgan fingerprint density at radius 2 is 2.00 bits per heavy atom. The van der Waals surface area contributed by atoms with Crippen LogP contribution < -0.4 is 5.32 Å². The van der Waals surface area contributed by atoms with E-state index in [2.05, 4.69) is 17.5 Å². The molecule has 1 atom stereocenters. The van der Waals surface area contributed by atoms with E-state index in [4.69, 9.17) is 0 Å². The van der Waals surface area contributed by atoms with E-state index in [1.165, 1.54) is 10.7 Å². The van der Waals surface area contributed by atoms with Crippen molar-refractivity contribution in [3.63, 3.8) is 0 Å². The fraction of sp³-hybridized carbons (Fsp3) is 0.500. The van der Waals surface area contributed by atoms with Crippen LogP contribution in [0.2, 0.25) is 0 Å². The second-order valence-electron chi connectivity index (χ2n) is 5.68. The van der Waals surface area contributed by atoms with Gasteiger partial charge in [-0.15, -0.1) is 0 Å². The van der Waals surface area contributed by atoms with Gasteiger partial charge in [-0.25, -0.2) is 12.7 Å². The largest absolute Gasteiger partial charge is 0.312 e. The normalized spacial score (nSPS) is 19.1. The molecule has 1 aliphatic rings. The van der Waals surface area contributed by atoms with Crippen molar-refractivity contribution >= 4 is 10.0 Å². The number of benzene rings is 1. The molecule has 0 aromatic heterocycles. The van der Waals surface area contributed by atoms with Crippen molar-refractivity contribution in [3.8, 4) is 0 Å². The van der Waals surface area contributed by atoms with Gasteiger partial charge in [0.05, 0.1) is 4.90 Å². The van der Waals surface area contributed by atoms with Gasteiger partial charge in [-0.2, -0.15) is 0 Å². The monoisotopic (exact) mass is 308 g/mol. The molecular weight excluding hydrogens is 284 g/mol. The summed E-state index contributed by atoms with van der Waals surface area (Å²) in [5.41, 5.74) is 0.831. The maximum Gasteiger partial charge on any atom is 0.242 e. The maximum atomic E-state index is 12.3. The molecule has 1 aliphatic carbocycles. The van der Waals surface area contributed by atoms with Gasteiger partial charge in [-0.3, -0.25) is 0 Å². The highest BCUT2D eigenvalue weighted by Crippen LogP contribution is 2.20. The first-order valence-corrected chi connectivity index (χ1v) is 8.82. The van der Waals surface area contributed by atoms with Crippen molar-refractivity contribution in [1.29, 1.82) is 0 Å². The van der Waals surface area contributed by atoms with Crippen LogP contribution in [0.4, 0.5) is 0 Å². The highest BCUT2D eigenvalue weighted by Gasteiger charge is 2.20. The molecule has 0 saturated heterocycles. The summed E-state index contributed by atoms with van der Waals surface area (Å²) in [6, 6.07) is 7.21. The summed E-state index contributed by atoms with van der Waals surface area (Å²) in [7, 11) is -0.254. The van der Waals surface area contributed by atoms with Crippen molar-refractivity contribution in [2.45, 2.75) is 30.7 Å². The van der Waals surface area contributed by atoms with Gasteiger partial charge in [0.15, 0.2) is 0 Å². The number of allylic oxidation sites excluding steroid dienone is 2. The number of nitrogens with one attached hydrogen (secondary N) is 1. The molecule has 0 spiro atoms. The molecule has 0 fully saturated rings. The fourth-order valence-electron chi connectivity index (χ4n) is 2.55. The van der Waals surface area contributed by atoms with Crippen LogP contribution in [-0.2, 0) is 16.6 Å². The molecule has 2 rings (SSSR count). The third-order valence-corrected chi connectivity index (χ3v) is 5.77. The summed E-state index contributed by atoms with van der Waals surface area (Å²) < 4.78 is 25.9. The number of hydrogen-bond donors (Lipinski definition) is 1. The molecule has 1 unspecified atom stereocenters.